The second-order valence-corrected chi connectivity index (χ2v) is 4.69. The smallest absolute Gasteiger partial charge is 0.152 e. The highest BCUT2D eigenvalue weighted by Crippen LogP contribution is 2.23. The predicted octanol–water partition coefficient (Wildman–Crippen LogP) is 3.15. The van der Waals surface area contributed by atoms with E-state index in [0.717, 1.165) is 35.7 Å². The predicted molar refractivity (Wildman–Crippen MR) is 83.4 cm³/mol. The zero-order valence-electron chi connectivity index (χ0n) is 11.9. The Kier molecular flexibility index (Phi) is 3.91. The molecular formula is C16H17N5. The topological polar surface area (TPSA) is 55.6 Å². The summed E-state index contributed by atoms with van der Waals surface area (Å²) >= 11 is 0. The van der Waals surface area contributed by atoms with Crippen LogP contribution in [0.4, 0.5) is 5.82 Å². The molecule has 1 N–H and O–H groups in total. The molecule has 0 spiro atoms. The van der Waals surface area contributed by atoms with Gasteiger partial charge >= 0.3 is 0 Å². The SMILES string of the molecule is CCCNc1nccnc1-c1cnn(-c2ccccc2)c1. The van der Waals surface area contributed by atoms with Gasteiger partial charge in [-0.25, -0.2) is 9.67 Å². The Morgan fingerprint density at radius 2 is 1.90 bits per heavy atom. The molecule has 2 heterocycles. The number of hydrogen-bond acceptors (Lipinski definition) is 4. The highest BCUT2D eigenvalue weighted by atomic mass is 15.3. The van der Waals surface area contributed by atoms with Gasteiger partial charge in [-0.3, -0.25) is 4.98 Å². The zero-order valence-corrected chi connectivity index (χ0v) is 11.9. The standard InChI is InChI=1S/C16H17N5/c1-2-8-18-16-15(17-9-10-19-16)13-11-20-21(12-13)14-6-4-3-5-7-14/h3-7,9-12H,2,8H2,1H3,(H,18,19). The minimum absolute atomic E-state index is 0.798. The Labute approximate surface area is 123 Å². The van der Waals surface area contributed by atoms with Crippen LogP contribution in [0.15, 0.2) is 55.1 Å². The van der Waals surface area contributed by atoms with Crippen LogP contribution in [0.3, 0.4) is 0 Å². The van der Waals surface area contributed by atoms with E-state index in [4.69, 9.17) is 0 Å². The van der Waals surface area contributed by atoms with Gasteiger partial charge in [0.15, 0.2) is 5.82 Å². The van der Waals surface area contributed by atoms with Gasteiger partial charge in [0.25, 0.3) is 0 Å². The van der Waals surface area contributed by atoms with Crippen LogP contribution >= 0.6 is 0 Å². The highest BCUT2D eigenvalue weighted by Gasteiger charge is 2.10. The summed E-state index contributed by atoms with van der Waals surface area (Å²) in [7, 11) is 0. The van der Waals surface area contributed by atoms with Gasteiger partial charge in [-0.15, -0.1) is 0 Å². The molecule has 2 aromatic heterocycles. The maximum absolute atomic E-state index is 4.43. The van der Waals surface area contributed by atoms with Crippen molar-refractivity contribution >= 4 is 5.82 Å². The van der Waals surface area contributed by atoms with Crippen LogP contribution in [0.2, 0.25) is 0 Å². The van der Waals surface area contributed by atoms with Crippen molar-refractivity contribution in [2.24, 2.45) is 0 Å². The molecule has 1 aromatic carbocycles. The van der Waals surface area contributed by atoms with E-state index in [0.29, 0.717) is 0 Å². The number of benzene rings is 1. The average Bonchev–Trinajstić information content (AvgIpc) is 3.04. The van der Waals surface area contributed by atoms with E-state index in [1.165, 1.54) is 0 Å². The van der Waals surface area contributed by atoms with Gasteiger partial charge in [-0.05, 0) is 18.6 Å². The fourth-order valence-electron chi connectivity index (χ4n) is 2.09. The number of anilines is 1. The first-order valence-corrected chi connectivity index (χ1v) is 7.04. The van der Waals surface area contributed by atoms with Crippen molar-refractivity contribution in [2.45, 2.75) is 13.3 Å². The third-order valence-electron chi connectivity index (χ3n) is 3.12. The molecule has 3 rings (SSSR count). The van der Waals surface area contributed by atoms with Gasteiger partial charge in [0.05, 0.1) is 11.9 Å². The highest BCUT2D eigenvalue weighted by molar-refractivity contribution is 5.70. The third-order valence-corrected chi connectivity index (χ3v) is 3.12. The molecule has 21 heavy (non-hydrogen) atoms. The molecule has 0 bridgehead atoms. The van der Waals surface area contributed by atoms with Crippen LogP contribution in [-0.4, -0.2) is 26.3 Å². The largest absolute Gasteiger partial charge is 0.368 e. The van der Waals surface area contributed by atoms with Crippen LogP contribution in [0.25, 0.3) is 16.9 Å². The number of nitrogens with zero attached hydrogens (tertiary/aromatic N) is 4. The maximum Gasteiger partial charge on any atom is 0.152 e. The minimum Gasteiger partial charge on any atom is -0.368 e. The van der Waals surface area contributed by atoms with Crippen LogP contribution in [0.5, 0.6) is 0 Å². The van der Waals surface area contributed by atoms with Crippen LogP contribution in [0, 0.1) is 0 Å². The zero-order chi connectivity index (χ0) is 14.5. The van der Waals surface area contributed by atoms with E-state index in [2.05, 4.69) is 27.3 Å². The van der Waals surface area contributed by atoms with Crippen LogP contribution in [0.1, 0.15) is 13.3 Å². The van der Waals surface area contributed by atoms with Crippen molar-refractivity contribution in [3.8, 4) is 16.9 Å². The molecule has 106 valence electrons. The van der Waals surface area contributed by atoms with Crippen LogP contribution < -0.4 is 5.32 Å². The fraction of sp³-hybridized carbons (Fsp3) is 0.188. The molecule has 0 aliphatic carbocycles. The first-order valence-electron chi connectivity index (χ1n) is 7.04. The second-order valence-electron chi connectivity index (χ2n) is 4.69. The summed E-state index contributed by atoms with van der Waals surface area (Å²) in [5.74, 6) is 0.798. The van der Waals surface area contributed by atoms with Gasteiger partial charge in [0.1, 0.15) is 5.69 Å². The molecule has 0 aliphatic heterocycles. The van der Waals surface area contributed by atoms with E-state index in [1.54, 1.807) is 12.4 Å². The number of nitrogens with one attached hydrogen (secondary N) is 1. The van der Waals surface area contributed by atoms with Crippen molar-refractivity contribution in [3.05, 3.63) is 55.1 Å². The Bertz CT molecular complexity index is 705. The molecule has 0 saturated carbocycles. The van der Waals surface area contributed by atoms with E-state index < -0.39 is 0 Å². The molecule has 0 aliphatic rings. The molecule has 0 amide bonds. The number of para-hydroxylation sites is 1. The van der Waals surface area contributed by atoms with Gasteiger partial charge < -0.3 is 5.32 Å². The molecular weight excluding hydrogens is 262 g/mol. The monoisotopic (exact) mass is 279 g/mol. The van der Waals surface area contributed by atoms with Crippen molar-refractivity contribution < 1.29 is 0 Å². The lowest BCUT2D eigenvalue weighted by molar-refractivity contribution is 0.880. The summed E-state index contributed by atoms with van der Waals surface area (Å²) < 4.78 is 1.84. The Balaban J connectivity index is 1.93. The van der Waals surface area contributed by atoms with Crippen molar-refractivity contribution in [1.82, 2.24) is 19.7 Å². The summed E-state index contributed by atoms with van der Waals surface area (Å²) in [6.45, 7) is 3.00. The normalized spacial score (nSPS) is 10.5. The summed E-state index contributed by atoms with van der Waals surface area (Å²) in [5, 5.41) is 7.71. The van der Waals surface area contributed by atoms with E-state index in [9.17, 15) is 0 Å². The summed E-state index contributed by atoms with van der Waals surface area (Å²) in [6.07, 6.45) is 8.22. The van der Waals surface area contributed by atoms with E-state index >= 15 is 0 Å². The van der Waals surface area contributed by atoms with Crippen molar-refractivity contribution in [1.29, 1.82) is 0 Å². The Morgan fingerprint density at radius 3 is 2.71 bits per heavy atom. The summed E-state index contributed by atoms with van der Waals surface area (Å²) in [5.41, 5.74) is 2.80. The quantitative estimate of drug-likeness (QED) is 0.779. The molecule has 0 atom stereocenters. The summed E-state index contributed by atoms with van der Waals surface area (Å²) in [6, 6.07) is 10.0. The summed E-state index contributed by atoms with van der Waals surface area (Å²) in [4.78, 5) is 8.79. The number of aromatic nitrogens is 4. The molecule has 3 aromatic rings. The van der Waals surface area contributed by atoms with Crippen molar-refractivity contribution in [3.63, 3.8) is 0 Å². The molecule has 0 fully saturated rings. The van der Waals surface area contributed by atoms with E-state index in [-0.39, 0.29) is 0 Å². The lowest BCUT2D eigenvalue weighted by Gasteiger charge is -2.07. The lowest BCUT2D eigenvalue weighted by Crippen LogP contribution is -2.04. The molecule has 0 radical (unpaired) electrons. The van der Waals surface area contributed by atoms with Crippen LogP contribution in [-0.2, 0) is 0 Å². The maximum atomic E-state index is 4.43. The fourth-order valence-corrected chi connectivity index (χ4v) is 2.09. The van der Waals surface area contributed by atoms with Gasteiger partial charge in [0.2, 0.25) is 0 Å². The van der Waals surface area contributed by atoms with Gasteiger partial charge in [-0.2, -0.15) is 5.10 Å². The third kappa shape index (κ3) is 2.91. The first kappa shape index (κ1) is 13.3. The number of rotatable bonds is 5. The average molecular weight is 279 g/mol. The van der Waals surface area contributed by atoms with E-state index in [1.807, 2.05) is 47.4 Å². The molecule has 0 saturated heterocycles. The molecule has 5 nitrogen and oxygen atoms in total. The molecule has 5 heteroatoms. The lowest BCUT2D eigenvalue weighted by atomic mass is 10.2. The molecule has 0 unspecified atom stereocenters. The van der Waals surface area contributed by atoms with Gasteiger partial charge in [0, 0.05) is 30.7 Å². The van der Waals surface area contributed by atoms with Gasteiger partial charge in [-0.1, -0.05) is 25.1 Å². The minimum atomic E-state index is 0.798. The Hall–Kier alpha value is -2.69. The van der Waals surface area contributed by atoms with Crippen molar-refractivity contribution in [2.75, 3.05) is 11.9 Å². The second kappa shape index (κ2) is 6.17. The number of hydrogen-bond donors (Lipinski definition) is 1. The Morgan fingerprint density at radius 1 is 1.10 bits per heavy atom. The first-order chi connectivity index (χ1) is 10.4.